The molecule has 200 valence electrons. The number of rotatable bonds is 6. The van der Waals surface area contributed by atoms with Crippen molar-refractivity contribution in [1.29, 1.82) is 0 Å². The Kier molecular flexibility index (Phi) is 7.76. The largest absolute Gasteiger partial charge is 0.507 e. The second-order valence-electron chi connectivity index (χ2n) is 11.5. The van der Waals surface area contributed by atoms with Crippen molar-refractivity contribution in [3.8, 4) is 39.1 Å². The van der Waals surface area contributed by atoms with Gasteiger partial charge in [-0.25, -0.2) is 0 Å². The Morgan fingerprint density at radius 2 is 0.897 bits per heavy atom. The average Bonchev–Trinajstić information content (AvgIpc) is 3.02. The summed E-state index contributed by atoms with van der Waals surface area (Å²) in [4.78, 5) is 0. The zero-order chi connectivity index (χ0) is 26.7. The fraction of sp³-hybridized carbons (Fsp3) is 0.333. The van der Waals surface area contributed by atoms with Crippen molar-refractivity contribution in [3.05, 3.63) is 97.1 Å². The minimum absolute atomic E-state index is 0.298. The molecule has 4 aromatic carbocycles. The van der Waals surface area contributed by atoms with Gasteiger partial charge in [0, 0.05) is 22.2 Å². The van der Waals surface area contributed by atoms with E-state index in [1.54, 1.807) is 6.07 Å². The van der Waals surface area contributed by atoms with Crippen molar-refractivity contribution in [2.75, 3.05) is 0 Å². The van der Waals surface area contributed by atoms with Crippen LogP contribution in [0.25, 0.3) is 33.4 Å². The minimum atomic E-state index is -2.55. The Morgan fingerprint density at radius 3 is 1.41 bits per heavy atom. The van der Waals surface area contributed by atoms with E-state index in [1.807, 2.05) is 18.2 Å². The first-order valence-electron chi connectivity index (χ1n) is 14.8. The van der Waals surface area contributed by atoms with Crippen LogP contribution in [0.5, 0.6) is 5.75 Å². The van der Waals surface area contributed by atoms with Gasteiger partial charge in [0.25, 0.3) is 0 Å². The third kappa shape index (κ3) is 5.24. The first kappa shape index (κ1) is 26.1. The molecule has 0 aromatic heterocycles. The van der Waals surface area contributed by atoms with E-state index < -0.39 is 7.14 Å². The summed E-state index contributed by atoms with van der Waals surface area (Å²) in [5.74, 6) is 0.298. The molecular formula is C36H39O2P. The Morgan fingerprint density at radius 1 is 0.487 bits per heavy atom. The summed E-state index contributed by atoms with van der Waals surface area (Å²) in [6.45, 7) is 0. The highest BCUT2D eigenvalue weighted by molar-refractivity contribution is 7.73. The molecule has 2 aliphatic carbocycles. The summed E-state index contributed by atoms with van der Waals surface area (Å²) in [7, 11) is -2.55. The molecule has 4 aromatic rings. The predicted octanol–water partition coefficient (Wildman–Crippen LogP) is 10.0. The molecule has 2 saturated carbocycles. The topological polar surface area (TPSA) is 37.3 Å². The van der Waals surface area contributed by atoms with Crippen LogP contribution < -0.4 is 5.30 Å². The summed E-state index contributed by atoms with van der Waals surface area (Å²) in [5, 5.41) is 11.4. The van der Waals surface area contributed by atoms with E-state index in [0.29, 0.717) is 17.1 Å². The summed E-state index contributed by atoms with van der Waals surface area (Å²) in [6, 6.07) is 33.2. The molecule has 0 spiro atoms. The van der Waals surface area contributed by atoms with Gasteiger partial charge in [-0.15, -0.1) is 0 Å². The first-order valence-corrected chi connectivity index (χ1v) is 16.7. The number of para-hydroxylation sites is 1. The molecular weight excluding hydrogens is 495 g/mol. The van der Waals surface area contributed by atoms with Crippen LogP contribution >= 0.6 is 7.14 Å². The molecule has 2 nitrogen and oxygen atoms in total. The van der Waals surface area contributed by atoms with Gasteiger partial charge in [-0.05, 0) is 59.6 Å². The van der Waals surface area contributed by atoms with Gasteiger partial charge in [0.05, 0.1) is 0 Å². The van der Waals surface area contributed by atoms with Crippen LogP contribution in [0, 0.1) is 0 Å². The maximum Gasteiger partial charge on any atom is 0.123 e. The van der Waals surface area contributed by atoms with Gasteiger partial charge in [-0.1, -0.05) is 130 Å². The van der Waals surface area contributed by atoms with E-state index in [0.717, 1.165) is 58.8 Å². The average molecular weight is 535 g/mol. The summed E-state index contributed by atoms with van der Waals surface area (Å²) >= 11 is 0. The van der Waals surface area contributed by atoms with E-state index in [1.165, 1.54) is 44.1 Å². The van der Waals surface area contributed by atoms with Crippen LogP contribution in [-0.4, -0.2) is 16.4 Å². The lowest BCUT2D eigenvalue weighted by molar-refractivity contribution is 0.453. The quantitative estimate of drug-likeness (QED) is 0.250. The second kappa shape index (κ2) is 11.6. The maximum atomic E-state index is 15.4. The lowest BCUT2D eigenvalue weighted by Crippen LogP contribution is -2.30. The van der Waals surface area contributed by atoms with Crippen LogP contribution in [0.3, 0.4) is 0 Å². The number of benzene rings is 4. The lowest BCUT2D eigenvalue weighted by Gasteiger charge is -2.39. The molecule has 0 unspecified atom stereocenters. The number of phenolic OH excluding ortho intramolecular Hbond substituents is 1. The van der Waals surface area contributed by atoms with Gasteiger partial charge in [0.1, 0.15) is 12.9 Å². The molecule has 3 heteroatoms. The number of aromatic hydroxyl groups is 1. The van der Waals surface area contributed by atoms with Crippen LogP contribution in [0.2, 0.25) is 0 Å². The van der Waals surface area contributed by atoms with Crippen molar-refractivity contribution in [1.82, 2.24) is 0 Å². The van der Waals surface area contributed by atoms with E-state index in [-0.39, 0.29) is 0 Å². The van der Waals surface area contributed by atoms with Crippen LogP contribution in [-0.2, 0) is 4.57 Å². The second-order valence-corrected chi connectivity index (χ2v) is 14.8. The Bertz CT molecular complexity index is 1420. The fourth-order valence-electron chi connectivity index (χ4n) is 7.05. The normalized spacial score (nSPS) is 17.2. The van der Waals surface area contributed by atoms with Crippen LogP contribution in [0.1, 0.15) is 64.2 Å². The van der Waals surface area contributed by atoms with Gasteiger partial charge >= 0.3 is 0 Å². The van der Waals surface area contributed by atoms with Crippen molar-refractivity contribution >= 4 is 12.4 Å². The Hall–Kier alpha value is -3.09. The van der Waals surface area contributed by atoms with E-state index in [4.69, 9.17) is 0 Å². The molecule has 2 fully saturated rings. The Balaban J connectivity index is 1.32. The molecule has 0 radical (unpaired) electrons. The highest BCUT2D eigenvalue weighted by atomic mass is 31.2. The summed E-state index contributed by atoms with van der Waals surface area (Å²) in [5.41, 5.74) is 7.16. The van der Waals surface area contributed by atoms with Crippen LogP contribution in [0.15, 0.2) is 97.1 Å². The molecule has 0 aliphatic heterocycles. The highest BCUT2D eigenvalue weighted by Gasteiger charge is 2.43. The minimum Gasteiger partial charge on any atom is -0.507 e. The molecule has 6 rings (SSSR count). The highest BCUT2D eigenvalue weighted by Crippen LogP contribution is 2.62. The zero-order valence-corrected chi connectivity index (χ0v) is 23.7. The van der Waals surface area contributed by atoms with E-state index >= 15 is 4.57 Å². The third-order valence-electron chi connectivity index (χ3n) is 9.14. The Labute approximate surface area is 233 Å². The monoisotopic (exact) mass is 534 g/mol. The van der Waals surface area contributed by atoms with Crippen LogP contribution in [0.4, 0.5) is 0 Å². The summed E-state index contributed by atoms with van der Waals surface area (Å²) in [6.07, 6.45) is 12.0. The van der Waals surface area contributed by atoms with Gasteiger partial charge in [0.2, 0.25) is 0 Å². The number of hydrogen-bond acceptors (Lipinski definition) is 2. The zero-order valence-electron chi connectivity index (χ0n) is 22.8. The first-order chi connectivity index (χ1) is 19.1. The molecule has 1 N–H and O–H groups in total. The van der Waals surface area contributed by atoms with E-state index in [2.05, 4.69) is 72.8 Å². The molecule has 2 aliphatic rings. The molecule has 0 bridgehead atoms. The lowest BCUT2D eigenvalue weighted by atomic mass is 9.98. The van der Waals surface area contributed by atoms with Gasteiger partial charge in [0.15, 0.2) is 0 Å². The van der Waals surface area contributed by atoms with Crippen molar-refractivity contribution < 1.29 is 9.67 Å². The molecule has 0 amide bonds. The molecule has 39 heavy (non-hydrogen) atoms. The van der Waals surface area contributed by atoms with Gasteiger partial charge in [-0.2, -0.15) is 0 Å². The predicted molar refractivity (Wildman–Crippen MR) is 165 cm³/mol. The van der Waals surface area contributed by atoms with E-state index in [9.17, 15) is 5.11 Å². The SMILES string of the molecule is O=P(c1ccccc1-c1ccc(-c2ccc(-c3ccccc3O)cc2)cc1)(C1CCCCC1)C1CCCCC1. The molecule has 0 heterocycles. The van der Waals surface area contributed by atoms with Crippen molar-refractivity contribution in [2.24, 2.45) is 0 Å². The smallest absolute Gasteiger partial charge is 0.123 e. The summed E-state index contributed by atoms with van der Waals surface area (Å²) < 4.78 is 15.4. The van der Waals surface area contributed by atoms with Crippen molar-refractivity contribution in [3.63, 3.8) is 0 Å². The maximum absolute atomic E-state index is 15.4. The van der Waals surface area contributed by atoms with Crippen molar-refractivity contribution in [2.45, 2.75) is 75.5 Å². The molecule has 0 saturated heterocycles. The third-order valence-corrected chi connectivity index (χ3v) is 13.5. The molecule has 0 atom stereocenters. The van der Waals surface area contributed by atoms with Gasteiger partial charge < -0.3 is 9.67 Å². The number of phenols is 1. The van der Waals surface area contributed by atoms with Gasteiger partial charge in [-0.3, -0.25) is 0 Å². The fourth-order valence-corrected chi connectivity index (χ4v) is 11.6. The number of hydrogen-bond donors (Lipinski definition) is 1. The standard InChI is InChI=1S/C36H39O2P/c37-35-17-9-7-15-33(35)29-23-19-27(20-24-29)28-21-25-30(26-22-28)34-16-8-10-18-36(34)39(38,31-11-3-1-4-12-31)32-13-5-2-6-14-32/h7-10,15-26,31-32,37H,1-6,11-14H2.